The number of nitrogens with zero attached hydrogens (tertiary/aromatic N) is 1. The summed E-state index contributed by atoms with van der Waals surface area (Å²) in [5.74, 6) is -0.263. The second kappa shape index (κ2) is 9.22. The summed E-state index contributed by atoms with van der Waals surface area (Å²) >= 11 is 1.47. The van der Waals surface area contributed by atoms with E-state index in [1.54, 1.807) is 11.4 Å². The van der Waals surface area contributed by atoms with Gasteiger partial charge in [0.05, 0.1) is 0 Å². The first-order chi connectivity index (χ1) is 12.0. The van der Waals surface area contributed by atoms with Crippen LogP contribution < -0.4 is 15.5 Å². The molecule has 1 heterocycles. The number of amides is 2. The summed E-state index contributed by atoms with van der Waals surface area (Å²) in [5.41, 5.74) is 2.53. The van der Waals surface area contributed by atoms with Gasteiger partial charge in [-0.2, -0.15) is 11.3 Å². The van der Waals surface area contributed by atoms with Gasteiger partial charge in [0.15, 0.2) is 0 Å². The van der Waals surface area contributed by atoms with Crippen LogP contribution in [0.5, 0.6) is 0 Å². The van der Waals surface area contributed by atoms with E-state index in [9.17, 15) is 9.59 Å². The second-order valence-electron chi connectivity index (χ2n) is 5.99. The van der Waals surface area contributed by atoms with Crippen LogP contribution in [-0.2, 0) is 4.79 Å². The number of rotatable bonds is 8. The van der Waals surface area contributed by atoms with Gasteiger partial charge in [0, 0.05) is 47.9 Å². The van der Waals surface area contributed by atoms with E-state index in [1.165, 1.54) is 11.3 Å². The van der Waals surface area contributed by atoms with Gasteiger partial charge in [-0.3, -0.25) is 9.59 Å². The topological polar surface area (TPSA) is 61.4 Å². The smallest absolute Gasteiger partial charge is 0.252 e. The highest BCUT2D eigenvalue weighted by molar-refractivity contribution is 7.08. The predicted octanol–water partition coefficient (Wildman–Crippen LogP) is 3.74. The van der Waals surface area contributed by atoms with E-state index in [1.807, 2.05) is 29.6 Å². The van der Waals surface area contributed by atoms with Crippen LogP contribution in [0.4, 0.5) is 11.4 Å². The number of hydrogen-bond acceptors (Lipinski definition) is 4. The van der Waals surface area contributed by atoms with Gasteiger partial charge in [-0.15, -0.1) is 0 Å². The Morgan fingerprint density at radius 3 is 2.44 bits per heavy atom. The quantitative estimate of drug-likeness (QED) is 0.755. The van der Waals surface area contributed by atoms with Crippen molar-refractivity contribution >= 4 is 34.5 Å². The molecule has 2 N–H and O–H groups in total. The summed E-state index contributed by atoms with van der Waals surface area (Å²) in [6.07, 6.45) is 0.241. The minimum atomic E-state index is -0.147. The van der Waals surface area contributed by atoms with Gasteiger partial charge < -0.3 is 15.5 Å². The number of carbonyl (C=O) groups excluding carboxylic acids is 2. The first-order valence-electron chi connectivity index (χ1n) is 8.48. The zero-order valence-electron chi connectivity index (χ0n) is 14.9. The number of benzene rings is 1. The van der Waals surface area contributed by atoms with Crippen LogP contribution in [0.3, 0.4) is 0 Å². The van der Waals surface area contributed by atoms with Gasteiger partial charge in [0.25, 0.3) is 5.91 Å². The zero-order valence-corrected chi connectivity index (χ0v) is 15.7. The molecule has 5 nitrogen and oxygen atoms in total. The summed E-state index contributed by atoms with van der Waals surface area (Å²) in [4.78, 5) is 26.1. The van der Waals surface area contributed by atoms with Crippen LogP contribution in [-0.4, -0.2) is 30.9 Å². The van der Waals surface area contributed by atoms with Crippen LogP contribution in [0, 0.1) is 0 Å². The Morgan fingerprint density at radius 1 is 1.16 bits per heavy atom. The van der Waals surface area contributed by atoms with Gasteiger partial charge in [-0.25, -0.2) is 0 Å². The Balaban J connectivity index is 1.79. The maximum Gasteiger partial charge on any atom is 0.252 e. The highest BCUT2D eigenvalue weighted by Gasteiger charge is 2.09. The molecule has 0 aliphatic carbocycles. The Bertz CT molecular complexity index is 681. The minimum Gasteiger partial charge on any atom is -0.369 e. The summed E-state index contributed by atoms with van der Waals surface area (Å²) in [6.45, 7) is 7.69. The molecule has 0 saturated carbocycles. The maximum atomic E-state index is 12.0. The third kappa shape index (κ3) is 5.60. The van der Waals surface area contributed by atoms with Crippen molar-refractivity contribution < 1.29 is 9.59 Å². The summed E-state index contributed by atoms with van der Waals surface area (Å²) < 4.78 is 0. The second-order valence-corrected chi connectivity index (χ2v) is 6.77. The van der Waals surface area contributed by atoms with Crippen molar-refractivity contribution in [3.63, 3.8) is 0 Å². The largest absolute Gasteiger partial charge is 0.369 e. The average molecular weight is 359 g/mol. The summed E-state index contributed by atoms with van der Waals surface area (Å²) in [5, 5.41) is 9.24. The van der Waals surface area contributed by atoms with Crippen molar-refractivity contribution in [1.29, 1.82) is 0 Å². The summed E-state index contributed by atoms with van der Waals surface area (Å²) in [6, 6.07) is 10.0. The Labute approximate surface area is 153 Å². The number of thiophene rings is 1. The first-order valence-corrected chi connectivity index (χ1v) is 9.42. The third-order valence-corrected chi connectivity index (χ3v) is 4.55. The van der Waals surface area contributed by atoms with Crippen molar-refractivity contribution in [2.24, 2.45) is 0 Å². The van der Waals surface area contributed by atoms with Crippen LogP contribution >= 0.6 is 11.3 Å². The lowest BCUT2D eigenvalue weighted by Gasteiger charge is -2.27. The minimum absolute atomic E-state index is 0.116. The van der Waals surface area contributed by atoms with Gasteiger partial charge in [-0.05, 0) is 56.5 Å². The fourth-order valence-corrected chi connectivity index (χ4v) is 3.23. The van der Waals surface area contributed by atoms with E-state index >= 15 is 0 Å². The fourth-order valence-electron chi connectivity index (χ4n) is 2.59. The van der Waals surface area contributed by atoms with Gasteiger partial charge in [0.1, 0.15) is 0 Å². The summed E-state index contributed by atoms with van der Waals surface area (Å²) in [7, 11) is 0. The zero-order chi connectivity index (χ0) is 18.2. The molecule has 6 heteroatoms. The first kappa shape index (κ1) is 19.0. The lowest BCUT2D eigenvalue weighted by molar-refractivity contribution is -0.116. The molecule has 2 aromatic rings. The average Bonchev–Trinajstić information content (AvgIpc) is 3.11. The molecule has 0 spiro atoms. The molecular formula is C19H25N3O2S. The highest BCUT2D eigenvalue weighted by Crippen LogP contribution is 2.19. The Morgan fingerprint density at radius 2 is 1.88 bits per heavy atom. The molecule has 0 aliphatic heterocycles. The molecule has 0 fully saturated rings. The molecule has 1 aromatic heterocycles. The SMILES string of the molecule is CCN(c1ccc(NC(=O)CCNC(=O)c2ccsc2)cc1)C(C)C. The molecule has 2 amide bonds. The van der Waals surface area contributed by atoms with E-state index < -0.39 is 0 Å². The van der Waals surface area contributed by atoms with Crippen LogP contribution in [0.25, 0.3) is 0 Å². The molecular weight excluding hydrogens is 334 g/mol. The van der Waals surface area contributed by atoms with Crippen molar-refractivity contribution in [3.8, 4) is 0 Å². The molecule has 134 valence electrons. The van der Waals surface area contributed by atoms with Gasteiger partial charge in [-0.1, -0.05) is 0 Å². The number of nitrogens with one attached hydrogen (secondary N) is 2. The third-order valence-electron chi connectivity index (χ3n) is 3.87. The molecule has 0 bridgehead atoms. The van der Waals surface area contributed by atoms with E-state index in [0.29, 0.717) is 18.2 Å². The molecule has 0 aliphatic rings. The number of carbonyl (C=O) groups is 2. The standard InChI is InChI=1S/C19H25N3O2S/c1-4-22(14(2)3)17-7-5-16(6-8-17)21-18(23)9-11-20-19(24)15-10-12-25-13-15/h5-8,10,12-14H,4,9,11H2,1-3H3,(H,20,24)(H,21,23). The normalized spacial score (nSPS) is 10.6. The van der Waals surface area contributed by atoms with Crippen LogP contribution in [0.2, 0.25) is 0 Å². The van der Waals surface area contributed by atoms with E-state index in [2.05, 4.69) is 36.3 Å². The molecule has 25 heavy (non-hydrogen) atoms. The number of hydrogen-bond donors (Lipinski definition) is 2. The molecule has 1 aromatic carbocycles. The molecule has 0 atom stereocenters. The van der Waals surface area contributed by atoms with Crippen LogP contribution in [0.1, 0.15) is 37.6 Å². The van der Waals surface area contributed by atoms with Crippen molar-refractivity contribution in [1.82, 2.24) is 5.32 Å². The number of anilines is 2. The molecule has 0 saturated heterocycles. The van der Waals surface area contributed by atoms with Gasteiger partial charge in [0.2, 0.25) is 5.91 Å². The van der Waals surface area contributed by atoms with Crippen molar-refractivity contribution in [3.05, 3.63) is 46.7 Å². The Kier molecular flexibility index (Phi) is 7.01. The predicted molar refractivity (Wildman–Crippen MR) is 104 cm³/mol. The lowest BCUT2D eigenvalue weighted by atomic mass is 10.2. The van der Waals surface area contributed by atoms with Crippen molar-refractivity contribution in [2.75, 3.05) is 23.3 Å². The van der Waals surface area contributed by atoms with E-state index in [4.69, 9.17) is 0 Å². The molecule has 0 unspecified atom stereocenters. The molecule has 0 radical (unpaired) electrons. The Hall–Kier alpha value is -2.34. The van der Waals surface area contributed by atoms with E-state index in [-0.39, 0.29) is 18.2 Å². The van der Waals surface area contributed by atoms with Crippen LogP contribution in [0.15, 0.2) is 41.1 Å². The molecule has 2 rings (SSSR count). The van der Waals surface area contributed by atoms with Gasteiger partial charge >= 0.3 is 0 Å². The fraction of sp³-hybridized carbons (Fsp3) is 0.368. The van der Waals surface area contributed by atoms with Crippen molar-refractivity contribution in [2.45, 2.75) is 33.2 Å². The maximum absolute atomic E-state index is 12.0. The monoisotopic (exact) mass is 359 g/mol. The van der Waals surface area contributed by atoms with E-state index in [0.717, 1.165) is 17.9 Å². The lowest BCUT2D eigenvalue weighted by Crippen LogP contribution is -2.30. The highest BCUT2D eigenvalue weighted by atomic mass is 32.1.